The number of hydrogen-bond acceptors (Lipinski definition) is 4. The van der Waals surface area contributed by atoms with E-state index in [0.29, 0.717) is 22.4 Å². The summed E-state index contributed by atoms with van der Waals surface area (Å²) in [7, 11) is 0. The number of thiazole rings is 1. The van der Waals surface area contributed by atoms with Crippen LogP contribution in [-0.2, 0) is 11.3 Å². The highest BCUT2D eigenvalue weighted by atomic mass is 35.5. The van der Waals surface area contributed by atoms with Gasteiger partial charge in [0.2, 0.25) is 0 Å². The van der Waals surface area contributed by atoms with Gasteiger partial charge < -0.3 is 4.74 Å². The number of rotatable bonds is 7. The lowest BCUT2D eigenvalue weighted by atomic mass is 10.1. The molecule has 0 aliphatic rings. The van der Waals surface area contributed by atoms with Crippen molar-refractivity contribution in [3.05, 3.63) is 100 Å². The Morgan fingerprint density at radius 2 is 1.71 bits per heavy atom. The zero-order chi connectivity index (χ0) is 21.6. The molecule has 4 aromatic rings. The number of ether oxygens (including phenoxy) is 1. The molecule has 1 aromatic heterocycles. The van der Waals surface area contributed by atoms with Crippen molar-refractivity contribution in [3.8, 4) is 17.0 Å². The van der Waals surface area contributed by atoms with Gasteiger partial charge in [-0.2, -0.15) is 0 Å². The second kappa shape index (κ2) is 9.77. The Labute approximate surface area is 190 Å². The number of carbonyl (C=O) groups is 1. The molecule has 0 saturated carbocycles. The van der Waals surface area contributed by atoms with Crippen LogP contribution in [0.5, 0.6) is 5.75 Å². The SMILES string of the molecule is Cc1ccc(-c2csc(N(Cc3ccccc3)C(=O)COc3ccc(Cl)cc3)n2)cc1. The normalized spacial score (nSPS) is 10.6. The Morgan fingerprint density at radius 1 is 1.00 bits per heavy atom. The topological polar surface area (TPSA) is 42.4 Å². The Bertz CT molecular complexity index is 1140. The van der Waals surface area contributed by atoms with Crippen molar-refractivity contribution in [2.45, 2.75) is 13.5 Å². The maximum absolute atomic E-state index is 13.1. The highest BCUT2D eigenvalue weighted by molar-refractivity contribution is 7.14. The van der Waals surface area contributed by atoms with Crippen LogP contribution in [0, 0.1) is 6.92 Å². The molecule has 6 heteroatoms. The number of anilines is 1. The molecule has 1 heterocycles. The van der Waals surface area contributed by atoms with Gasteiger partial charge in [-0.3, -0.25) is 9.69 Å². The predicted octanol–water partition coefficient (Wildman–Crippen LogP) is 6.38. The summed E-state index contributed by atoms with van der Waals surface area (Å²) in [6.07, 6.45) is 0. The first kappa shape index (κ1) is 21.1. The summed E-state index contributed by atoms with van der Waals surface area (Å²) in [6.45, 7) is 2.38. The largest absolute Gasteiger partial charge is 0.484 e. The van der Waals surface area contributed by atoms with Crippen molar-refractivity contribution in [2.75, 3.05) is 11.5 Å². The van der Waals surface area contributed by atoms with Gasteiger partial charge in [0.15, 0.2) is 11.7 Å². The molecule has 0 bridgehead atoms. The van der Waals surface area contributed by atoms with E-state index in [4.69, 9.17) is 21.3 Å². The Balaban J connectivity index is 1.56. The van der Waals surface area contributed by atoms with Crippen LogP contribution < -0.4 is 9.64 Å². The van der Waals surface area contributed by atoms with Crippen LogP contribution in [0.4, 0.5) is 5.13 Å². The lowest BCUT2D eigenvalue weighted by Crippen LogP contribution is -2.34. The molecule has 0 aliphatic carbocycles. The molecule has 0 aliphatic heterocycles. The van der Waals surface area contributed by atoms with Crippen LogP contribution in [0.25, 0.3) is 11.3 Å². The molecule has 0 unspecified atom stereocenters. The Hall–Kier alpha value is -3.15. The molecule has 31 heavy (non-hydrogen) atoms. The third kappa shape index (κ3) is 5.51. The summed E-state index contributed by atoms with van der Waals surface area (Å²) in [4.78, 5) is 19.5. The summed E-state index contributed by atoms with van der Waals surface area (Å²) in [5.41, 5.74) is 4.09. The number of hydrogen-bond donors (Lipinski definition) is 0. The highest BCUT2D eigenvalue weighted by Gasteiger charge is 2.21. The molecule has 0 spiro atoms. The maximum Gasteiger partial charge on any atom is 0.267 e. The van der Waals surface area contributed by atoms with Crippen LogP contribution >= 0.6 is 22.9 Å². The molecule has 0 N–H and O–H groups in total. The smallest absolute Gasteiger partial charge is 0.267 e. The fourth-order valence-corrected chi connectivity index (χ4v) is 4.00. The molecule has 0 fully saturated rings. The summed E-state index contributed by atoms with van der Waals surface area (Å²) in [5, 5.41) is 3.24. The van der Waals surface area contributed by atoms with Gasteiger partial charge >= 0.3 is 0 Å². The third-order valence-electron chi connectivity index (χ3n) is 4.73. The van der Waals surface area contributed by atoms with E-state index >= 15 is 0 Å². The molecule has 3 aromatic carbocycles. The molecular formula is C25H21ClN2O2S. The van der Waals surface area contributed by atoms with Crippen molar-refractivity contribution in [1.82, 2.24) is 4.98 Å². The van der Waals surface area contributed by atoms with Gasteiger partial charge in [0, 0.05) is 16.0 Å². The van der Waals surface area contributed by atoms with E-state index in [0.717, 1.165) is 16.8 Å². The maximum atomic E-state index is 13.1. The summed E-state index contributed by atoms with van der Waals surface area (Å²) in [5.74, 6) is 0.431. The van der Waals surface area contributed by atoms with Gasteiger partial charge in [0.1, 0.15) is 5.75 Å². The Kier molecular flexibility index (Phi) is 6.65. The van der Waals surface area contributed by atoms with Gasteiger partial charge in [-0.05, 0) is 36.8 Å². The van der Waals surface area contributed by atoms with Crippen molar-refractivity contribution >= 4 is 34.0 Å². The first-order valence-corrected chi connectivity index (χ1v) is 11.1. The number of aryl methyl sites for hydroxylation is 1. The first-order valence-electron chi connectivity index (χ1n) is 9.84. The van der Waals surface area contributed by atoms with Crippen LogP contribution in [0.3, 0.4) is 0 Å². The van der Waals surface area contributed by atoms with Crippen LogP contribution in [0.2, 0.25) is 5.02 Å². The molecule has 1 amide bonds. The van der Waals surface area contributed by atoms with E-state index in [2.05, 4.69) is 19.1 Å². The fourth-order valence-electron chi connectivity index (χ4n) is 3.03. The summed E-state index contributed by atoms with van der Waals surface area (Å²) in [6, 6.07) is 25.0. The van der Waals surface area contributed by atoms with E-state index in [-0.39, 0.29) is 12.5 Å². The van der Waals surface area contributed by atoms with Crippen molar-refractivity contribution in [3.63, 3.8) is 0 Å². The second-order valence-corrected chi connectivity index (χ2v) is 8.36. The molecule has 0 radical (unpaired) electrons. The van der Waals surface area contributed by atoms with E-state index in [1.807, 2.05) is 47.8 Å². The predicted molar refractivity (Wildman–Crippen MR) is 127 cm³/mol. The number of benzene rings is 3. The van der Waals surface area contributed by atoms with Crippen molar-refractivity contribution < 1.29 is 9.53 Å². The van der Waals surface area contributed by atoms with Gasteiger partial charge in [-0.25, -0.2) is 4.98 Å². The monoisotopic (exact) mass is 448 g/mol. The highest BCUT2D eigenvalue weighted by Crippen LogP contribution is 2.29. The zero-order valence-electron chi connectivity index (χ0n) is 17.0. The number of aromatic nitrogens is 1. The van der Waals surface area contributed by atoms with Crippen molar-refractivity contribution in [1.29, 1.82) is 0 Å². The Morgan fingerprint density at radius 3 is 2.42 bits per heavy atom. The standard InChI is InChI=1S/C25H21ClN2O2S/c1-18-7-9-20(10-8-18)23-17-31-25(27-23)28(15-19-5-3-2-4-6-19)24(29)16-30-22-13-11-21(26)12-14-22/h2-14,17H,15-16H2,1H3. The van der Waals surface area contributed by atoms with Gasteiger partial charge in [-0.15, -0.1) is 11.3 Å². The minimum Gasteiger partial charge on any atom is -0.484 e. The van der Waals surface area contributed by atoms with Crippen LogP contribution in [0.1, 0.15) is 11.1 Å². The minimum atomic E-state index is -0.163. The zero-order valence-corrected chi connectivity index (χ0v) is 18.6. The van der Waals surface area contributed by atoms with E-state index < -0.39 is 0 Å². The van der Waals surface area contributed by atoms with E-state index in [1.54, 1.807) is 29.2 Å². The number of carbonyl (C=O) groups excluding carboxylic acids is 1. The molecule has 0 saturated heterocycles. The van der Waals surface area contributed by atoms with Gasteiger partial charge in [0.25, 0.3) is 5.91 Å². The number of amides is 1. The van der Waals surface area contributed by atoms with Crippen LogP contribution in [0.15, 0.2) is 84.2 Å². The molecule has 4 nitrogen and oxygen atoms in total. The second-order valence-electron chi connectivity index (χ2n) is 7.09. The average Bonchev–Trinajstić information content (AvgIpc) is 3.28. The lowest BCUT2D eigenvalue weighted by Gasteiger charge is -2.20. The van der Waals surface area contributed by atoms with E-state index in [1.165, 1.54) is 16.9 Å². The van der Waals surface area contributed by atoms with Crippen molar-refractivity contribution in [2.24, 2.45) is 0 Å². The van der Waals surface area contributed by atoms with Crippen LogP contribution in [-0.4, -0.2) is 17.5 Å². The lowest BCUT2D eigenvalue weighted by molar-refractivity contribution is -0.120. The minimum absolute atomic E-state index is 0.0894. The quantitative estimate of drug-likeness (QED) is 0.329. The fraction of sp³-hybridized carbons (Fsp3) is 0.120. The number of halogens is 1. The molecule has 0 atom stereocenters. The summed E-state index contributed by atoms with van der Waals surface area (Å²) < 4.78 is 5.69. The summed E-state index contributed by atoms with van der Waals surface area (Å²) >= 11 is 7.37. The average molecular weight is 449 g/mol. The van der Waals surface area contributed by atoms with Gasteiger partial charge in [-0.1, -0.05) is 71.8 Å². The molecule has 156 valence electrons. The molecule has 4 rings (SSSR count). The first-order chi connectivity index (χ1) is 15.1. The number of nitrogens with zero attached hydrogens (tertiary/aromatic N) is 2. The molecular weight excluding hydrogens is 428 g/mol. The van der Waals surface area contributed by atoms with E-state index in [9.17, 15) is 4.79 Å². The third-order valence-corrected chi connectivity index (χ3v) is 5.85. The van der Waals surface area contributed by atoms with Gasteiger partial charge in [0.05, 0.1) is 12.2 Å².